The van der Waals surface area contributed by atoms with Crippen LogP contribution < -0.4 is 19.7 Å². The van der Waals surface area contributed by atoms with E-state index in [0.717, 1.165) is 18.9 Å². The number of para-hydroxylation sites is 2. The Hall–Kier alpha value is -2.76. The molecule has 1 amide bonds. The summed E-state index contributed by atoms with van der Waals surface area (Å²) < 4.78 is 11.3. The summed E-state index contributed by atoms with van der Waals surface area (Å²) in [6.07, 6.45) is 3.43. The number of fused-ring (bicyclic) bond motifs is 1. The van der Waals surface area contributed by atoms with Gasteiger partial charge in [0, 0.05) is 13.1 Å². The minimum Gasteiger partial charge on any atom is -0.485 e. The lowest BCUT2D eigenvalue weighted by atomic mass is 10.2. The molecule has 6 heteroatoms. The molecule has 1 saturated heterocycles. The third-order valence-corrected chi connectivity index (χ3v) is 4.25. The van der Waals surface area contributed by atoms with Crippen molar-refractivity contribution in [1.29, 1.82) is 0 Å². The summed E-state index contributed by atoms with van der Waals surface area (Å²) in [6.45, 7) is 2.29. The lowest BCUT2D eigenvalue weighted by Gasteiger charge is -2.25. The Kier molecular flexibility index (Phi) is 3.94. The van der Waals surface area contributed by atoms with Gasteiger partial charge in [0.15, 0.2) is 11.5 Å². The van der Waals surface area contributed by atoms with Gasteiger partial charge in [-0.15, -0.1) is 0 Å². The van der Waals surface area contributed by atoms with Gasteiger partial charge in [0.1, 0.15) is 12.4 Å². The second-order valence-electron chi connectivity index (χ2n) is 5.95. The van der Waals surface area contributed by atoms with Gasteiger partial charge < -0.3 is 19.7 Å². The number of nitrogens with one attached hydrogen (secondary N) is 1. The Morgan fingerprint density at radius 1 is 1.12 bits per heavy atom. The molecule has 1 fully saturated rings. The van der Waals surface area contributed by atoms with Crippen LogP contribution in [0.15, 0.2) is 42.6 Å². The fourth-order valence-corrected chi connectivity index (χ4v) is 2.96. The molecule has 1 atom stereocenters. The van der Waals surface area contributed by atoms with E-state index < -0.39 is 6.10 Å². The molecule has 0 bridgehead atoms. The molecule has 2 aromatic rings. The minimum atomic E-state index is -0.668. The monoisotopic (exact) mass is 325 g/mol. The van der Waals surface area contributed by atoms with E-state index in [-0.39, 0.29) is 12.5 Å². The zero-order valence-electron chi connectivity index (χ0n) is 13.3. The third-order valence-electron chi connectivity index (χ3n) is 4.25. The number of rotatable bonds is 3. The van der Waals surface area contributed by atoms with Crippen molar-refractivity contribution in [2.24, 2.45) is 0 Å². The number of nitrogens with zero attached hydrogens (tertiary/aromatic N) is 2. The molecule has 0 spiro atoms. The average Bonchev–Trinajstić information content (AvgIpc) is 3.16. The fraction of sp³-hybridized carbons (Fsp3) is 0.333. The normalized spacial score (nSPS) is 19.2. The predicted molar refractivity (Wildman–Crippen MR) is 90.7 cm³/mol. The summed E-state index contributed by atoms with van der Waals surface area (Å²) in [6, 6.07) is 11.1. The molecule has 2 aliphatic heterocycles. The summed E-state index contributed by atoms with van der Waals surface area (Å²) in [5.74, 6) is 1.97. The number of hydrogen-bond acceptors (Lipinski definition) is 5. The quantitative estimate of drug-likeness (QED) is 0.939. The van der Waals surface area contributed by atoms with Crippen molar-refractivity contribution in [2.75, 3.05) is 29.9 Å². The van der Waals surface area contributed by atoms with Gasteiger partial charge in [-0.1, -0.05) is 12.1 Å². The molecule has 1 N–H and O–H groups in total. The van der Waals surface area contributed by atoms with E-state index in [4.69, 9.17) is 9.47 Å². The van der Waals surface area contributed by atoms with Gasteiger partial charge in [0.05, 0.1) is 11.9 Å². The van der Waals surface area contributed by atoms with Crippen LogP contribution in [0.5, 0.6) is 11.5 Å². The number of hydrogen-bond donors (Lipinski definition) is 1. The molecule has 6 nitrogen and oxygen atoms in total. The Bertz CT molecular complexity index is 727. The van der Waals surface area contributed by atoms with E-state index >= 15 is 0 Å². The van der Waals surface area contributed by atoms with E-state index in [1.54, 1.807) is 12.3 Å². The summed E-state index contributed by atoms with van der Waals surface area (Å²) in [4.78, 5) is 19.0. The SMILES string of the molecule is O=C(Nc1ccc(N2CCCC2)nc1)C1COc2ccccc2O1. The maximum atomic E-state index is 12.4. The van der Waals surface area contributed by atoms with E-state index in [1.165, 1.54) is 12.8 Å². The predicted octanol–water partition coefficient (Wildman–Crippen LogP) is 2.46. The van der Waals surface area contributed by atoms with Crippen LogP contribution in [0.1, 0.15) is 12.8 Å². The van der Waals surface area contributed by atoms with Crippen molar-refractivity contribution in [3.8, 4) is 11.5 Å². The molecular formula is C18H19N3O3. The molecule has 4 rings (SSSR count). The highest BCUT2D eigenvalue weighted by molar-refractivity contribution is 5.94. The first-order valence-electron chi connectivity index (χ1n) is 8.20. The Balaban J connectivity index is 1.39. The first-order valence-corrected chi connectivity index (χ1v) is 8.20. The number of ether oxygens (including phenoxy) is 2. The molecule has 0 saturated carbocycles. The van der Waals surface area contributed by atoms with Crippen LogP contribution in [0.25, 0.3) is 0 Å². The van der Waals surface area contributed by atoms with Gasteiger partial charge in [-0.05, 0) is 37.1 Å². The molecule has 1 unspecified atom stereocenters. The van der Waals surface area contributed by atoms with Gasteiger partial charge in [-0.25, -0.2) is 4.98 Å². The van der Waals surface area contributed by atoms with Crippen LogP contribution in [0.4, 0.5) is 11.5 Å². The van der Waals surface area contributed by atoms with Crippen LogP contribution in [0, 0.1) is 0 Å². The molecular weight excluding hydrogens is 306 g/mol. The summed E-state index contributed by atoms with van der Waals surface area (Å²) in [7, 11) is 0. The van der Waals surface area contributed by atoms with Crippen LogP contribution in [0.2, 0.25) is 0 Å². The Morgan fingerprint density at radius 2 is 1.92 bits per heavy atom. The van der Waals surface area contributed by atoms with Crippen molar-refractivity contribution >= 4 is 17.4 Å². The molecule has 1 aromatic heterocycles. The average molecular weight is 325 g/mol. The maximum absolute atomic E-state index is 12.4. The Labute approximate surface area is 140 Å². The van der Waals surface area contributed by atoms with Crippen LogP contribution >= 0.6 is 0 Å². The number of pyridine rings is 1. The lowest BCUT2D eigenvalue weighted by molar-refractivity contribution is -0.125. The molecule has 3 heterocycles. The lowest BCUT2D eigenvalue weighted by Crippen LogP contribution is -2.40. The largest absolute Gasteiger partial charge is 0.485 e. The first kappa shape index (κ1) is 14.8. The van der Waals surface area contributed by atoms with Crippen molar-refractivity contribution in [3.63, 3.8) is 0 Å². The van der Waals surface area contributed by atoms with E-state index in [2.05, 4.69) is 15.2 Å². The molecule has 0 radical (unpaired) electrons. The van der Waals surface area contributed by atoms with Crippen molar-refractivity contribution in [1.82, 2.24) is 4.98 Å². The van der Waals surface area contributed by atoms with E-state index in [1.807, 2.05) is 30.3 Å². The van der Waals surface area contributed by atoms with Crippen LogP contribution in [-0.2, 0) is 4.79 Å². The maximum Gasteiger partial charge on any atom is 0.269 e. The Morgan fingerprint density at radius 3 is 2.67 bits per heavy atom. The van der Waals surface area contributed by atoms with Crippen LogP contribution in [0.3, 0.4) is 0 Å². The highest BCUT2D eigenvalue weighted by Gasteiger charge is 2.27. The molecule has 2 aliphatic rings. The molecule has 124 valence electrons. The molecule has 0 aliphatic carbocycles. The topological polar surface area (TPSA) is 63.7 Å². The van der Waals surface area contributed by atoms with Crippen LogP contribution in [-0.4, -0.2) is 36.7 Å². The zero-order chi connectivity index (χ0) is 16.4. The van der Waals surface area contributed by atoms with Crippen molar-refractivity contribution in [3.05, 3.63) is 42.6 Å². The smallest absolute Gasteiger partial charge is 0.269 e. The minimum absolute atomic E-state index is 0.197. The standard InChI is InChI=1S/C18H19N3O3/c22-18(16-12-23-14-5-1-2-6-15(14)24-16)20-13-7-8-17(19-11-13)21-9-3-4-10-21/h1-2,5-8,11,16H,3-4,9-10,12H2,(H,20,22). The summed E-state index contributed by atoms with van der Waals surface area (Å²) in [5.41, 5.74) is 0.658. The fourth-order valence-electron chi connectivity index (χ4n) is 2.96. The highest BCUT2D eigenvalue weighted by Crippen LogP contribution is 2.31. The number of aromatic nitrogens is 1. The van der Waals surface area contributed by atoms with Gasteiger partial charge in [0.25, 0.3) is 5.91 Å². The number of amides is 1. The molecule has 1 aromatic carbocycles. The van der Waals surface area contributed by atoms with Gasteiger partial charge in [-0.2, -0.15) is 0 Å². The highest BCUT2D eigenvalue weighted by atomic mass is 16.6. The molecule has 24 heavy (non-hydrogen) atoms. The summed E-state index contributed by atoms with van der Waals surface area (Å²) in [5, 5.41) is 2.84. The third kappa shape index (κ3) is 2.99. The number of carbonyl (C=O) groups is 1. The van der Waals surface area contributed by atoms with Gasteiger partial charge >= 0.3 is 0 Å². The number of carbonyl (C=O) groups excluding carboxylic acids is 1. The second-order valence-corrected chi connectivity index (χ2v) is 5.95. The first-order chi connectivity index (χ1) is 11.8. The number of anilines is 2. The van der Waals surface area contributed by atoms with E-state index in [9.17, 15) is 4.79 Å². The number of benzene rings is 1. The van der Waals surface area contributed by atoms with E-state index in [0.29, 0.717) is 17.2 Å². The van der Waals surface area contributed by atoms with Crippen molar-refractivity contribution in [2.45, 2.75) is 18.9 Å². The van der Waals surface area contributed by atoms with Gasteiger partial charge in [0.2, 0.25) is 6.10 Å². The summed E-state index contributed by atoms with van der Waals surface area (Å²) >= 11 is 0. The van der Waals surface area contributed by atoms with Crippen molar-refractivity contribution < 1.29 is 14.3 Å². The zero-order valence-corrected chi connectivity index (χ0v) is 13.3. The van der Waals surface area contributed by atoms with Gasteiger partial charge in [-0.3, -0.25) is 4.79 Å². The second kappa shape index (κ2) is 6.39.